The summed E-state index contributed by atoms with van der Waals surface area (Å²) in [5, 5.41) is 0. The maximum absolute atomic E-state index is 6.83. The van der Waals surface area contributed by atoms with E-state index in [4.69, 9.17) is 11.3 Å². The van der Waals surface area contributed by atoms with Gasteiger partial charge in [-0.05, 0) is 55.8 Å². The van der Waals surface area contributed by atoms with Crippen molar-refractivity contribution in [3.63, 3.8) is 0 Å². The average Bonchev–Trinajstić information content (AvgIpc) is 2.13. The van der Waals surface area contributed by atoms with Gasteiger partial charge in [-0.25, -0.2) is 6.57 Å². The smallest absolute Gasteiger partial charge is 0.237 e. The van der Waals surface area contributed by atoms with E-state index in [1.165, 1.54) is 38.5 Å². The highest BCUT2D eigenvalue weighted by molar-refractivity contribution is 5.07. The van der Waals surface area contributed by atoms with Crippen LogP contribution in [0.5, 0.6) is 0 Å². The monoisotopic (exact) mass is 219 g/mol. The van der Waals surface area contributed by atoms with Gasteiger partial charge in [0, 0.05) is 0 Å². The molecule has 2 unspecified atom stereocenters. The van der Waals surface area contributed by atoms with E-state index in [0.717, 1.165) is 11.8 Å². The summed E-state index contributed by atoms with van der Waals surface area (Å²) in [5.74, 6) is 1.83. The molecule has 2 nitrogen and oxygen atoms in total. The third-order valence-electron chi connectivity index (χ3n) is 4.91. The van der Waals surface area contributed by atoms with E-state index < -0.39 is 0 Å². The Balaban J connectivity index is 1.74. The highest BCUT2D eigenvalue weighted by Gasteiger charge is 2.56. The molecule has 16 heavy (non-hydrogen) atoms. The molecule has 4 saturated carbocycles. The lowest BCUT2D eigenvalue weighted by molar-refractivity contribution is -0.186. The van der Waals surface area contributed by atoms with Crippen molar-refractivity contribution in [2.24, 2.45) is 17.3 Å². The van der Waals surface area contributed by atoms with Gasteiger partial charge in [-0.2, -0.15) is 0 Å². The van der Waals surface area contributed by atoms with E-state index in [0.29, 0.717) is 18.6 Å². The Morgan fingerprint density at radius 2 is 1.94 bits per heavy atom. The number of hydrogen-bond acceptors (Lipinski definition) is 1. The zero-order valence-electron chi connectivity index (χ0n) is 10.2. The van der Waals surface area contributed by atoms with Crippen LogP contribution in [0.25, 0.3) is 4.85 Å². The second-order valence-electron chi connectivity index (χ2n) is 6.68. The first-order valence-electron chi connectivity index (χ1n) is 6.60. The maximum Gasteiger partial charge on any atom is 0.237 e. The van der Waals surface area contributed by atoms with Crippen LogP contribution in [0.3, 0.4) is 0 Å². The summed E-state index contributed by atoms with van der Waals surface area (Å²) < 4.78 is 6.13. The van der Waals surface area contributed by atoms with E-state index in [1.807, 2.05) is 0 Å². The zero-order chi connectivity index (χ0) is 11.2. The van der Waals surface area contributed by atoms with Crippen molar-refractivity contribution in [2.75, 3.05) is 13.2 Å². The molecule has 0 aliphatic heterocycles. The average molecular weight is 219 g/mol. The topological polar surface area (TPSA) is 13.6 Å². The van der Waals surface area contributed by atoms with Crippen LogP contribution in [-0.2, 0) is 4.74 Å². The summed E-state index contributed by atoms with van der Waals surface area (Å²) in [5.41, 5.74) is 0.728. The molecule has 4 bridgehead atoms. The summed E-state index contributed by atoms with van der Waals surface area (Å²) in [7, 11) is 0. The third kappa shape index (κ3) is 1.66. The lowest BCUT2D eigenvalue weighted by Crippen LogP contribution is -2.56. The summed E-state index contributed by atoms with van der Waals surface area (Å²) in [6, 6.07) is 0. The maximum atomic E-state index is 6.83. The van der Waals surface area contributed by atoms with E-state index in [1.54, 1.807) is 0 Å². The number of rotatable bonds is 3. The number of ether oxygens (including phenoxy) is 1. The Morgan fingerprint density at radius 1 is 1.25 bits per heavy atom. The van der Waals surface area contributed by atoms with E-state index in [2.05, 4.69) is 11.8 Å². The first kappa shape index (κ1) is 10.6. The molecule has 0 amide bonds. The molecule has 4 fully saturated rings. The molecular weight excluding hydrogens is 198 g/mol. The molecule has 4 aliphatic carbocycles. The normalized spacial score (nSPS) is 49.2. The van der Waals surface area contributed by atoms with Gasteiger partial charge in [0.25, 0.3) is 0 Å². The lowest BCUT2D eigenvalue weighted by Gasteiger charge is -2.60. The molecule has 0 aromatic rings. The highest BCUT2D eigenvalue weighted by Crippen LogP contribution is 2.62. The first-order valence-corrected chi connectivity index (χ1v) is 6.60. The van der Waals surface area contributed by atoms with Crippen LogP contribution < -0.4 is 0 Å². The van der Waals surface area contributed by atoms with Gasteiger partial charge < -0.3 is 9.58 Å². The fourth-order valence-corrected chi connectivity index (χ4v) is 5.10. The van der Waals surface area contributed by atoms with Gasteiger partial charge in [0.15, 0.2) is 0 Å². The van der Waals surface area contributed by atoms with Crippen LogP contribution in [0.1, 0.15) is 45.4 Å². The van der Waals surface area contributed by atoms with Gasteiger partial charge >= 0.3 is 0 Å². The van der Waals surface area contributed by atoms with Crippen molar-refractivity contribution in [2.45, 2.75) is 51.0 Å². The number of hydrogen-bond donors (Lipinski definition) is 0. The second-order valence-corrected chi connectivity index (χ2v) is 6.68. The Bertz CT molecular complexity index is 316. The Hall–Kier alpha value is -0.550. The molecule has 0 aromatic heterocycles. The molecular formula is C14H21NO. The lowest BCUT2D eigenvalue weighted by atomic mass is 9.48. The van der Waals surface area contributed by atoms with Crippen molar-refractivity contribution in [3.8, 4) is 0 Å². The molecule has 0 N–H and O–H groups in total. The minimum absolute atomic E-state index is 0.170. The SMILES string of the molecule is [C-]#[N+]CCOC12CC3CC(CC(C)(C3)C1)C2. The second kappa shape index (κ2) is 3.47. The summed E-state index contributed by atoms with van der Waals surface area (Å²) in [6.07, 6.45) is 8.11. The fourth-order valence-electron chi connectivity index (χ4n) is 5.10. The van der Waals surface area contributed by atoms with E-state index >= 15 is 0 Å². The molecule has 0 aromatic carbocycles. The van der Waals surface area contributed by atoms with Crippen molar-refractivity contribution < 1.29 is 4.74 Å². The minimum Gasteiger partial charge on any atom is -0.367 e. The van der Waals surface area contributed by atoms with Gasteiger partial charge in [0.1, 0.15) is 6.61 Å². The van der Waals surface area contributed by atoms with Gasteiger partial charge in [-0.15, -0.1) is 0 Å². The largest absolute Gasteiger partial charge is 0.367 e. The van der Waals surface area contributed by atoms with Crippen molar-refractivity contribution in [1.82, 2.24) is 0 Å². The van der Waals surface area contributed by atoms with Gasteiger partial charge in [0.05, 0.1) is 5.60 Å². The first-order chi connectivity index (χ1) is 7.63. The van der Waals surface area contributed by atoms with Crippen LogP contribution in [-0.4, -0.2) is 18.8 Å². The summed E-state index contributed by atoms with van der Waals surface area (Å²) in [4.78, 5) is 3.40. The van der Waals surface area contributed by atoms with Crippen LogP contribution in [0.4, 0.5) is 0 Å². The molecule has 4 rings (SSSR count). The molecule has 2 heteroatoms. The van der Waals surface area contributed by atoms with Gasteiger partial charge in [-0.1, -0.05) is 6.92 Å². The van der Waals surface area contributed by atoms with Crippen molar-refractivity contribution >= 4 is 0 Å². The Labute approximate surface area is 98.2 Å². The quantitative estimate of drug-likeness (QED) is 0.524. The Kier molecular flexibility index (Phi) is 2.30. The predicted molar refractivity (Wildman–Crippen MR) is 62.9 cm³/mol. The molecule has 0 radical (unpaired) electrons. The molecule has 0 saturated heterocycles. The van der Waals surface area contributed by atoms with Crippen LogP contribution in [0, 0.1) is 23.8 Å². The highest BCUT2D eigenvalue weighted by atomic mass is 16.5. The molecule has 88 valence electrons. The Morgan fingerprint density at radius 3 is 2.50 bits per heavy atom. The van der Waals surface area contributed by atoms with Crippen LogP contribution in [0.15, 0.2) is 0 Å². The minimum atomic E-state index is 0.170. The number of nitrogens with zero attached hydrogens (tertiary/aromatic N) is 1. The van der Waals surface area contributed by atoms with Gasteiger partial charge in [0.2, 0.25) is 6.54 Å². The molecule has 0 heterocycles. The van der Waals surface area contributed by atoms with E-state index in [-0.39, 0.29) is 5.60 Å². The van der Waals surface area contributed by atoms with E-state index in [9.17, 15) is 0 Å². The summed E-state index contributed by atoms with van der Waals surface area (Å²) >= 11 is 0. The van der Waals surface area contributed by atoms with Crippen LogP contribution >= 0.6 is 0 Å². The zero-order valence-corrected chi connectivity index (χ0v) is 10.2. The molecule has 0 spiro atoms. The third-order valence-corrected chi connectivity index (χ3v) is 4.91. The van der Waals surface area contributed by atoms with Gasteiger partial charge in [-0.3, -0.25) is 0 Å². The summed E-state index contributed by atoms with van der Waals surface area (Å²) in [6.45, 7) is 10.5. The fraction of sp³-hybridized carbons (Fsp3) is 0.929. The van der Waals surface area contributed by atoms with Crippen molar-refractivity contribution in [3.05, 3.63) is 11.4 Å². The molecule has 4 aliphatic rings. The predicted octanol–water partition coefficient (Wildman–Crippen LogP) is 3.28. The standard InChI is InChI=1S/C14H21NO/c1-13-6-11-5-12(7-13)9-14(8-11,10-13)16-4-3-15-2/h11-12H,3-10H2,1H3. The van der Waals surface area contributed by atoms with Crippen LogP contribution in [0.2, 0.25) is 0 Å². The van der Waals surface area contributed by atoms with Crippen molar-refractivity contribution in [1.29, 1.82) is 0 Å². The molecule has 2 atom stereocenters.